The van der Waals surface area contributed by atoms with Crippen molar-refractivity contribution in [2.45, 2.75) is 13.8 Å². The SMILES string of the molecule is Cc1ccc(N(C)c2ccccc2C)cc1N. The Labute approximate surface area is 103 Å². The van der Waals surface area contributed by atoms with Gasteiger partial charge in [-0.15, -0.1) is 0 Å². The second-order valence-corrected chi connectivity index (χ2v) is 4.39. The van der Waals surface area contributed by atoms with Crippen molar-refractivity contribution in [2.24, 2.45) is 0 Å². The third-order valence-electron chi connectivity index (χ3n) is 3.13. The molecule has 0 heterocycles. The van der Waals surface area contributed by atoms with Gasteiger partial charge in [0.15, 0.2) is 0 Å². The first-order chi connectivity index (χ1) is 8.09. The number of nitrogen functional groups attached to an aromatic ring is 1. The van der Waals surface area contributed by atoms with Crippen molar-refractivity contribution >= 4 is 17.1 Å². The molecule has 2 nitrogen and oxygen atoms in total. The molecule has 0 unspecified atom stereocenters. The number of hydrogen-bond acceptors (Lipinski definition) is 2. The number of benzene rings is 2. The summed E-state index contributed by atoms with van der Waals surface area (Å²) in [6.45, 7) is 4.14. The fourth-order valence-corrected chi connectivity index (χ4v) is 1.92. The van der Waals surface area contributed by atoms with Crippen LogP contribution in [0.1, 0.15) is 11.1 Å². The quantitative estimate of drug-likeness (QED) is 0.792. The van der Waals surface area contributed by atoms with Crippen LogP contribution in [0.25, 0.3) is 0 Å². The van der Waals surface area contributed by atoms with Gasteiger partial charge in [0, 0.05) is 24.1 Å². The summed E-state index contributed by atoms with van der Waals surface area (Å²) in [5, 5.41) is 0. The van der Waals surface area contributed by atoms with Gasteiger partial charge in [0.25, 0.3) is 0 Å². The number of rotatable bonds is 2. The third-order valence-corrected chi connectivity index (χ3v) is 3.13. The number of aryl methyl sites for hydroxylation is 2. The molecule has 0 aliphatic carbocycles. The molecule has 0 radical (unpaired) electrons. The number of hydrogen-bond donors (Lipinski definition) is 1. The Hall–Kier alpha value is -1.96. The van der Waals surface area contributed by atoms with Crippen molar-refractivity contribution < 1.29 is 0 Å². The van der Waals surface area contributed by atoms with Crippen molar-refractivity contribution in [1.82, 2.24) is 0 Å². The Morgan fingerprint density at radius 1 is 0.941 bits per heavy atom. The summed E-state index contributed by atoms with van der Waals surface area (Å²) >= 11 is 0. The van der Waals surface area contributed by atoms with E-state index >= 15 is 0 Å². The van der Waals surface area contributed by atoms with Gasteiger partial charge in [0.1, 0.15) is 0 Å². The topological polar surface area (TPSA) is 29.3 Å². The van der Waals surface area contributed by atoms with Gasteiger partial charge < -0.3 is 10.6 Å². The average Bonchev–Trinajstić information content (AvgIpc) is 2.32. The van der Waals surface area contributed by atoms with Gasteiger partial charge in [-0.2, -0.15) is 0 Å². The lowest BCUT2D eigenvalue weighted by Gasteiger charge is -2.22. The molecule has 0 aromatic heterocycles. The maximum absolute atomic E-state index is 5.95. The molecule has 2 aromatic carbocycles. The summed E-state index contributed by atoms with van der Waals surface area (Å²) in [7, 11) is 2.06. The van der Waals surface area contributed by atoms with Crippen molar-refractivity contribution in [3.8, 4) is 0 Å². The molecule has 0 saturated carbocycles. The van der Waals surface area contributed by atoms with E-state index in [1.807, 2.05) is 13.0 Å². The Kier molecular flexibility index (Phi) is 3.05. The zero-order valence-corrected chi connectivity index (χ0v) is 10.6. The van der Waals surface area contributed by atoms with Gasteiger partial charge in [-0.3, -0.25) is 0 Å². The monoisotopic (exact) mass is 226 g/mol. The molecule has 0 atom stereocenters. The first-order valence-corrected chi connectivity index (χ1v) is 5.75. The van der Waals surface area contributed by atoms with E-state index in [2.05, 4.69) is 55.3 Å². The Balaban J connectivity index is 2.40. The lowest BCUT2D eigenvalue weighted by molar-refractivity contribution is 1.18. The number of nitrogens with zero attached hydrogens (tertiary/aromatic N) is 1. The minimum atomic E-state index is 0.836. The molecule has 0 saturated heterocycles. The van der Waals surface area contributed by atoms with Crippen LogP contribution in [0.15, 0.2) is 42.5 Å². The summed E-state index contributed by atoms with van der Waals surface area (Å²) in [6.07, 6.45) is 0. The molecule has 0 fully saturated rings. The molecule has 0 bridgehead atoms. The Bertz CT molecular complexity index is 532. The van der Waals surface area contributed by atoms with E-state index in [-0.39, 0.29) is 0 Å². The molecule has 2 rings (SSSR count). The Morgan fingerprint density at radius 3 is 2.29 bits per heavy atom. The van der Waals surface area contributed by atoms with Crippen molar-refractivity contribution in [3.63, 3.8) is 0 Å². The van der Waals surface area contributed by atoms with Crippen molar-refractivity contribution in [1.29, 1.82) is 0 Å². The summed E-state index contributed by atoms with van der Waals surface area (Å²) in [5.41, 5.74) is 11.5. The maximum Gasteiger partial charge on any atom is 0.0437 e. The largest absolute Gasteiger partial charge is 0.398 e. The van der Waals surface area contributed by atoms with Crippen LogP contribution >= 0.6 is 0 Å². The van der Waals surface area contributed by atoms with Crippen LogP contribution in [0.3, 0.4) is 0 Å². The molecule has 0 amide bonds. The van der Waals surface area contributed by atoms with Gasteiger partial charge in [0.2, 0.25) is 0 Å². The second-order valence-electron chi connectivity index (χ2n) is 4.39. The van der Waals surface area contributed by atoms with Crippen LogP contribution in [-0.2, 0) is 0 Å². The first kappa shape index (κ1) is 11.5. The molecule has 17 heavy (non-hydrogen) atoms. The molecule has 0 aliphatic rings. The van der Waals surface area contributed by atoms with Crippen molar-refractivity contribution in [2.75, 3.05) is 17.7 Å². The fourth-order valence-electron chi connectivity index (χ4n) is 1.92. The standard InChI is InChI=1S/C15H18N2/c1-11-8-9-13(10-14(11)16)17(3)15-7-5-4-6-12(15)2/h4-10H,16H2,1-3H3. The van der Waals surface area contributed by atoms with Crippen LogP contribution < -0.4 is 10.6 Å². The van der Waals surface area contributed by atoms with Gasteiger partial charge in [-0.1, -0.05) is 24.3 Å². The van der Waals surface area contributed by atoms with Crippen LogP contribution in [0.4, 0.5) is 17.1 Å². The number of para-hydroxylation sites is 1. The highest BCUT2D eigenvalue weighted by Gasteiger charge is 2.07. The lowest BCUT2D eigenvalue weighted by Crippen LogP contribution is -2.11. The molecule has 88 valence electrons. The maximum atomic E-state index is 5.95. The smallest absolute Gasteiger partial charge is 0.0437 e. The van der Waals surface area contributed by atoms with Crippen LogP contribution in [0.2, 0.25) is 0 Å². The van der Waals surface area contributed by atoms with E-state index in [0.29, 0.717) is 0 Å². The fraction of sp³-hybridized carbons (Fsp3) is 0.200. The zero-order chi connectivity index (χ0) is 12.4. The van der Waals surface area contributed by atoms with E-state index < -0.39 is 0 Å². The van der Waals surface area contributed by atoms with E-state index in [4.69, 9.17) is 5.73 Å². The number of nitrogens with two attached hydrogens (primary N) is 1. The average molecular weight is 226 g/mol. The van der Waals surface area contributed by atoms with Gasteiger partial charge in [-0.05, 0) is 43.2 Å². The number of anilines is 3. The summed E-state index contributed by atoms with van der Waals surface area (Å²) in [4.78, 5) is 2.16. The molecule has 2 N–H and O–H groups in total. The van der Waals surface area contributed by atoms with Crippen LogP contribution in [-0.4, -0.2) is 7.05 Å². The predicted octanol–water partition coefficient (Wildman–Crippen LogP) is 3.65. The normalized spacial score (nSPS) is 10.3. The molecule has 2 aromatic rings. The van der Waals surface area contributed by atoms with Gasteiger partial charge in [-0.25, -0.2) is 0 Å². The molecular formula is C15H18N2. The van der Waals surface area contributed by atoms with E-state index in [9.17, 15) is 0 Å². The van der Waals surface area contributed by atoms with Gasteiger partial charge in [0.05, 0.1) is 0 Å². The van der Waals surface area contributed by atoms with Gasteiger partial charge >= 0.3 is 0 Å². The minimum Gasteiger partial charge on any atom is -0.398 e. The highest BCUT2D eigenvalue weighted by atomic mass is 15.1. The molecular weight excluding hydrogens is 208 g/mol. The molecule has 0 aliphatic heterocycles. The summed E-state index contributed by atoms with van der Waals surface area (Å²) in [6, 6.07) is 14.5. The summed E-state index contributed by atoms with van der Waals surface area (Å²) < 4.78 is 0. The second kappa shape index (κ2) is 4.50. The van der Waals surface area contributed by atoms with E-state index in [1.165, 1.54) is 11.3 Å². The molecule has 0 spiro atoms. The molecule has 2 heteroatoms. The van der Waals surface area contributed by atoms with Crippen molar-refractivity contribution in [3.05, 3.63) is 53.6 Å². The van der Waals surface area contributed by atoms with E-state index in [1.54, 1.807) is 0 Å². The third kappa shape index (κ3) is 2.26. The minimum absolute atomic E-state index is 0.836. The lowest BCUT2D eigenvalue weighted by atomic mass is 10.1. The highest BCUT2D eigenvalue weighted by Crippen LogP contribution is 2.28. The van der Waals surface area contributed by atoms with Crippen LogP contribution in [0, 0.1) is 13.8 Å². The van der Waals surface area contributed by atoms with E-state index in [0.717, 1.165) is 16.9 Å². The zero-order valence-electron chi connectivity index (χ0n) is 10.6. The predicted molar refractivity (Wildman–Crippen MR) is 74.8 cm³/mol. The summed E-state index contributed by atoms with van der Waals surface area (Å²) in [5.74, 6) is 0. The van der Waals surface area contributed by atoms with Crippen LogP contribution in [0.5, 0.6) is 0 Å². The highest BCUT2D eigenvalue weighted by molar-refractivity contribution is 5.69. The Morgan fingerprint density at radius 2 is 1.65 bits per heavy atom. The first-order valence-electron chi connectivity index (χ1n) is 5.75.